The average Bonchev–Trinajstić information content (AvgIpc) is 3.17. The zero-order valence-corrected chi connectivity index (χ0v) is 20.3. The molecule has 3 aromatic carbocycles. The van der Waals surface area contributed by atoms with Gasteiger partial charge in [0.25, 0.3) is 0 Å². The molecule has 34 heavy (non-hydrogen) atoms. The predicted molar refractivity (Wildman–Crippen MR) is 136 cm³/mol. The molecule has 0 saturated heterocycles. The van der Waals surface area contributed by atoms with E-state index in [0.717, 1.165) is 61.2 Å². The fourth-order valence-corrected chi connectivity index (χ4v) is 5.10. The molecule has 1 N–H and O–H groups in total. The zero-order valence-electron chi connectivity index (χ0n) is 19.6. The number of hydrogen-bond donors (Lipinski definition) is 1. The van der Waals surface area contributed by atoms with Crippen LogP contribution in [0.1, 0.15) is 66.6 Å². The third kappa shape index (κ3) is 3.59. The number of fused-ring (bicyclic) bond motifs is 6. The van der Waals surface area contributed by atoms with Gasteiger partial charge in [-0.1, -0.05) is 44.9 Å². The highest BCUT2D eigenvalue weighted by molar-refractivity contribution is 6.24. The van der Waals surface area contributed by atoms with Crippen LogP contribution in [0, 0.1) is 0 Å². The molecule has 176 valence electrons. The van der Waals surface area contributed by atoms with Crippen LogP contribution < -0.4 is 14.5 Å². The van der Waals surface area contributed by atoms with Crippen molar-refractivity contribution in [2.75, 3.05) is 22.8 Å². The number of ether oxygens (including phenoxy) is 2. The van der Waals surface area contributed by atoms with Crippen LogP contribution in [0.2, 0.25) is 0 Å². The maximum Gasteiger partial charge on any atom is 0.340 e. The van der Waals surface area contributed by atoms with Crippen molar-refractivity contribution in [2.24, 2.45) is 0 Å². The van der Waals surface area contributed by atoms with Gasteiger partial charge in [-0.25, -0.2) is 4.79 Å². The molecule has 1 unspecified atom stereocenters. The van der Waals surface area contributed by atoms with E-state index in [0.29, 0.717) is 22.7 Å². The second kappa shape index (κ2) is 9.22. The first-order valence-electron chi connectivity index (χ1n) is 12.0. The van der Waals surface area contributed by atoms with Crippen molar-refractivity contribution in [1.29, 1.82) is 0 Å². The maximum atomic E-state index is 13.0. The van der Waals surface area contributed by atoms with E-state index < -0.39 is 5.60 Å². The van der Waals surface area contributed by atoms with Crippen molar-refractivity contribution in [3.05, 3.63) is 82.9 Å². The second-order valence-corrected chi connectivity index (χ2v) is 9.09. The fourth-order valence-electron chi connectivity index (χ4n) is 4.98. The molecule has 6 heteroatoms. The summed E-state index contributed by atoms with van der Waals surface area (Å²) in [7, 11) is 0. The number of hydrogen-bond acceptors (Lipinski definition) is 5. The lowest BCUT2D eigenvalue weighted by Gasteiger charge is -2.37. The summed E-state index contributed by atoms with van der Waals surface area (Å²) < 4.78 is 12.7. The number of rotatable bonds is 8. The Morgan fingerprint density at radius 2 is 1.65 bits per heavy atom. The largest absolute Gasteiger partial charge is 0.456 e. The summed E-state index contributed by atoms with van der Waals surface area (Å²) in [4.78, 5) is 18.1. The molecule has 2 heterocycles. The molecular weight excluding hydrogens is 448 g/mol. The van der Waals surface area contributed by atoms with Crippen LogP contribution in [0.5, 0.6) is 11.5 Å². The minimum atomic E-state index is -1.09. The molecule has 1 atom stereocenters. The molecule has 3 aromatic rings. The molecular formula is C28H29ClN2O3. The molecule has 0 aromatic heterocycles. The molecule has 1 spiro atoms. The molecule has 2 aliphatic rings. The Balaban J connectivity index is 1.68. The Morgan fingerprint density at radius 1 is 0.882 bits per heavy atom. The number of unbranched alkanes of at least 4 members (excludes halogenated alkanes) is 2. The monoisotopic (exact) mass is 476 g/mol. The van der Waals surface area contributed by atoms with Crippen molar-refractivity contribution in [3.63, 3.8) is 0 Å². The Kier molecular flexibility index (Phi) is 6.13. The molecule has 5 rings (SSSR count). The summed E-state index contributed by atoms with van der Waals surface area (Å²) in [6, 6.07) is 19.5. The second-order valence-electron chi connectivity index (χ2n) is 8.90. The number of anilines is 2. The van der Waals surface area contributed by atoms with Gasteiger partial charge < -0.3 is 14.4 Å². The predicted octanol–water partition coefficient (Wildman–Crippen LogP) is 7.23. The molecule has 0 saturated carbocycles. The van der Waals surface area contributed by atoms with Crippen LogP contribution in [0.15, 0.2) is 60.7 Å². The molecule has 0 aliphatic carbocycles. The fraction of sp³-hybridized carbons (Fsp3) is 0.321. The van der Waals surface area contributed by atoms with E-state index >= 15 is 0 Å². The van der Waals surface area contributed by atoms with Crippen LogP contribution in [-0.2, 0) is 10.3 Å². The van der Waals surface area contributed by atoms with Gasteiger partial charge in [-0.05, 0) is 49.2 Å². The van der Waals surface area contributed by atoms with Gasteiger partial charge in [-0.3, -0.25) is 4.84 Å². The molecule has 0 amide bonds. The number of esters is 1. The first-order chi connectivity index (χ1) is 16.6. The van der Waals surface area contributed by atoms with Gasteiger partial charge in [-0.2, -0.15) is 0 Å². The minimum Gasteiger partial charge on any atom is -0.456 e. The van der Waals surface area contributed by atoms with E-state index in [1.165, 1.54) is 0 Å². The van der Waals surface area contributed by atoms with Crippen LogP contribution in [0.25, 0.3) is 0 Å². The zero-order chi connectivity index (χ0) is 23.7. The van der Waals surface area contributed by atoms with Gasteiger partial charge in [0.15, 0.2) is 5.60 Å². The van der Waals surface area contributed by atoms with E-state index in [1.54, 1.807) is 0 Å². The van der Waals surface area contributed by atoms with Crippen LogP contribution in [0.4, 0.5) is 11.4 Å². The van der Waals surface area contributed by atoms with E-state index in [2.05, 4.69) is 41.8 Å². The number of halogens is 1. The SMILES string of the molecule is CCCCN(CCCC)c1ccc2c(c1)Oc1ccc(NCl)cc1C21OC(=O)c2ccccc21. The summed E-state index contributed by atoms with van der Waals surface area (Å²) >= 11 is 5.93. The number of benzene rings is 3. The lowest BCUT2D eigenvalue weighted by Crippen LogP contribution is -2.33. The number of carbonyl (C=O) groups is 1. The Morgan fingerprint density at radius 3 is 2.38 bits per heavy atom. The molecule has 2 aliphatic heterocycles. The molecule has 0 bridgehead atoms. The Bertz CT molecular complexity index is 1220. The Hall–Kier alpha value is -3.18. The first kappa shape index (κ1) is 22.6. The summed E-state index contributed by atoms with van der Waals surface area (Å²) in [6.45, 7) is 6.42. The van der Waals surface area contributed by atoms with E-state index in [9.17, 15) is 4.79 Å². The molecule has 5 nitrogen and oxygen atoms in total. The highest BCUT2D eigenvalue weighted by atomic mass is 35.5. The van der Waals surface area contributed by atoms with Gasteiger partial charge >= 0.3 is 5.97 Å². The lowest BCUT2D eigenvalue weighted by atomic mass is 9.77. The van der Waals surface area contributed by atoms with Crippen LogP contribution in [0.3, 0.4) is 0 Å². The summed E-state index contributed by atoms with van der Waals surface area (Å²) in [5.41, 5.74) is 3.70. The van der Waals surface area contributed by atoms with Gasteiger partial charge in [0.05, 0.1) is 5.56 Å². The van der Waals surface area contributed by atoms with Crippen molar-refractivity contribution < 1.29 is 14.3 Å². The standard InChI is InChI=1S/C28H29ClN2O3/c1-3-5-15-31(16-6-4-2)20-12-13-23-26(18-20)33-25-14-11-19(30-29)17-24(25)28(23)22-10-8-7-9-21(22)27(32)34-28/h7-14,17-18,30H,3-6,15-16H2,1-2H3. The van der Waals surface area contributed by atoms with E-state index in [4.69, 9.17) is 21.3 Å². The maximum absolute atomic E-state index is 13.0. The smallest absolute Gasteiger partial charge is 0.340 e. The highest BCUT2D eigenvalue weighted by Gasteiger charge is 2.53. The van der Waals surface area contributed by atoms with E-state index in [1.807, 2.05) is 42.5 Å². The summed E-state index contributed by atoms with van der Waals surface area (Å²) in [5.74, 6) is 1.02. The van der Waals surface area contributed by atoms with E-state index in [-0.39, 0.29) is 5.97 Å². The number of nitrogens with zero attached hydrogens (tertiary/aromatic N) is 1. The van der Waals surface area contributed by atoms with Crippen LogP contribution >= 0.6 is 11.8 Å². The third-order valence-corrected chi connectivity index (χ3v) is 6.95. The van der Waals surface area contributed by atoms with Gasteiger partial charge in [0, 0.05) is 59.0 Å². The number of carbonyl (C=O) groups excluding carboxylic acids is 1. The molecule has 0 radical (unpaired) electrons. The molecule has 0 fully saturated rings. The lowest BCUT2D eigenvalue weighted by molar-refractivity contribution is 0.0224. The Labute approximate surface area is 205 Å². The summed E-state index contributed by atoms with van der Waals surface area (Å²) in [6.07, 6.45) is 4.55. The first-order valence-corrected chi connectivity index (χ1v) is 12.4. The normalized spacial score (nSPS) is 17.4. The quantitative estimate of drug-likeness (QED) is 0.274. The average molecular weight is 477 g/mol. The van der Waals surface area contributed by atoms with Crippen molar-refractivity contribution in [1.82, 2.24) is 0 Å². The summed E-state index contributed by atoms with van der Waals surface area (Å²) in [5, 5.41) is 0. The van der Waals surface area contributed by atoms with Crippen molar-refractivity contribution in [3.8, 4) is 11.5 Å². The van der Waals surface area contributed by atoms with Crippen LogP contribution in [-0.4, -0.2) is 19.1 Å². The number of nitrogens with one attached hydrogen (secondary N) is 1. The topological polar surface area (TPSA) is 50.8 Å². The highest BCUT2D eigenvalue weighted by Crippen LogP contribution is 2.57. The van der Waals surface area contributed by atoms with Gasteiger partial charge in [0.1, 0.15) is 11.5 Å². The minimum absolute atomic E-state index is 0.338. The van der Waals surface area contributed by atoms with Crippen molar-refractivity contribution in [2.45, 2.75) is 45.1 Å². The van der Waals surface area contributed by atoms with Gasteiger partial charge in [0.2, 0.25) is 0 Å². The van der Waals surface area contributed by atoms with Crippen molar-refractivity contribution >= 4 is 29.1 Å². The third-order valence-electron chi connectivity index (χ3n) is 6.73. The van der Waals surface area contributed by atoms with Gasteiger partial charge in [-0.15, -0.1) is 0 Å².